The highest BCUT2D eigenvalue weighted by atomic mass is 14.5. The summed E-state index contributed by atoms with van der Waals surface area (Å²) in [6, 6.07) is 38.7. The van der Waals surface area contributed by atoms with Crippen molar-refractivity contribution in [2.45, 2.75) is 31.6 Å². The third-order valence-electron chi connectivity index (χ3n) is 6.29. The fourth-order valence-electron chi connectivity index (χ4n) is 4.88. The number of rotatable bonds is 2. The van der Waals surface area contributed by atoms with Crippen LogP contribution < -0.4 is 0 Å². The minimum absolute atomic E-state index is 0.138. The Morgan fingerprint density at radius 2 is 1.07 bits per heavy atom. The zero-order chi connectivity index (χ0) is 20.1. The second kappa shape index (κ2) is 6.46. The third-order valence-corrected chi connectivity index (χ3v) is 6.29. The van der Waals surface area contributed by atoms with Gasteiger partial charge in [-0.2, -0.15) is 0 Å². The smallest absolute Gasteiger partial charge is 0.0619 e. The van der Waals surface area contributed by atoms with E-state index >= 15 is 0 Å². The second-order valence-electron chi connectivity index (χ2n) is 8.96. The van der Waals surface area contributed by atoms with Gasteiger partial charge in [-0.15, -0.1) is 0 Å². The van der Waals surface area contributed by atoms with Crippen LogP contribution in [0.4, 0.5) is 0 Å². The summed E-state index contributed by atoms with van der Waals surface area (Å²) in [7, 11) is 0. The topological polar surface area (TPSA) is 0 Å². The van der Waals surface area contributed by atoms with Crippen molar-refractivity contribution < 1.29 is 0 Å². The lowest BCUT2D eigenvalue weighted by atomic mass is 9.67. The Kier molecular flexibility index (Phi) is 3.99. The summed E-state index contributed by atoms with van der Waals surface area (Å²) in [5.74, 6) is 0. The Bertz CT molecular complexity index is 1110. The average Bonchev–Trinajstić information content (AvgIpc) is 3.05. The highest BCUT2D eigenvalue weighted by Gasteiger charge is 2.45. The molecule has 0 bridgehead atoms. The summed E-state index contributed by atoms with van der Waals surface area (Å²) in [6.45, 7) is 6.81. The molecule has 4 aromatic rings. The molecule has 0 atom stereocenters. The first-order valence-corrected chi connectivity index (χ1v) is 10.3. The molecule has 0 fully saturated rings. The van der Waals surface area contributed by atoms with Gasteiger partial charge in [-0.3, -0.25) is 0 Å². The summed E-state index contributed by atoms with van der Waals surface area (Å²) in [6.07, 6.45) is 0. The summed E-state index contributed by atoms with van der Waals surface area (Å²) in [5, 5.41) is 0. The SMILES string of the molecule is CC(C)(C)c1ccc(C2(c3cc[c]cc3)c3ccccc3-c3ccccc32)cc1. The molecule has 0 aliphatic heterocycles. The Morgan fingerprint density at radius 1 is 0.586 bits per heavy atom. The van der Waals surface area contributed by atoms with E-state index in [1.807, 2.05) is 12.1 Å². The molecule has 29 heavy (non-hydrogen) atoms. The van der Waals surface area contributed by atoms with Crippen LogP contribution in [-0.2, 0) is 10.8 Å². The molecule has 0 heterocycles. The van der Waals surface area contributed by atoms with E-state index in [-0.39, 0.29) is 10.8 Å². The molecule has 1 radical (unpaired) electrons. The predicted octanol–water partition coefficient (Wildman–Crippen LogP) is 7.15. The van der Waals surface area contributed by atoms with Gasteiger partial charge in [0.25, 0.3) is 0 Å². The zero-order valence-corrected chi connectivity index (χ0v) is 17.2. The van der Waals surface area contributed by atoms with Crippen LogP contribution in [0.5, 0.6) is 0 Å². The van der Waals surface area contributed by atoms with E-state index in [0.29, 0.717) is 0 Å². The molecule has 0 aromatic heterocycles. The Labute approximate surface area is 173 Å². The van der Waals surface area contributed by atoms with Crippen molar-refractivity contribution in [3.05, 3.63) is 131 Å². The molecule has 1 aliphatic carbocycles. The van der Waals surface area contributed by atoms with E-state index in [2.05, 4.69) is 112 Å². The van der Waals surface area contributed by atoms with Crippen LogP contribution in [0.15, 0.2) is 97.1 Å². The molecule has 0 heteroatoms. The van der Waals surface area contributed by atoms with Crippen LogP contribution in [-0.4, -0.2) is 0 Å². The molecular weight excluding hydrogens is 348 g/mol. The standard InChI is InChI=1S/C29H25/c1-28(2,3)21-17-19-23(20-18-21)29(22-11-5-4-6-12-22)26-15-9-7-13-24(26)25-14-8-10-16-27(25)29/h5-20H,1-3H3. The van der Waals surface area contributed by atoms with Crippen molar-refractivity contribution in [1.29, 1.82) is 0 Å². The Balaban J connectivity index is 1.87. The maximum atomic E-state index is 3.20. The molecule has 0 spiro atoms. The van der Waals surface area contributed by atoms with Crippen molar-refractivity contribution in [2.75, 3.05) is 0 Å². The zero-order valence-electron chi connectivity index (χ0n) is 17.2. The first-order valence-electron chi connectivity index (χ1n) is 10.3. The second-order valence-corrected chi connectivity index (χ2v) is 8.96. The molecule has 1 aliphatic rings. The van der Waals surface area contributed by atoms with Crippen molar-refractivity contribution in [1.82, 2.24) is 0 Å². The molecule has 4 aromatic carbocycles. The van der Waals surface area contributed by atoms with Crippen molar-refractivity contribution in [3.63, 3.8) is 0 Å². The molecule has 0 amide bonds. The quantitative estimate of drug-likeness (QED) is 0.308. The van der Waals surface area contributed by atoms with Crippen LogP contribution in [0, 0.1) is 6.07 Å². The van der Waals surface area contributed by atoms with Gasteiger partial charge < -0.3 is 0 Å². The van der Waals surface area contributed by atoms with Gasteiger partial charge in [0.2, 0.25) is 0 Å². The number of hydrogen-bond donors (Lipinski definition) is 0. The fourth-order valence-corrected chi connectivity index (χ4v) is 4.88. The largest absolute Gasteiger partial charge is 0.0713 e. The number of benzene rings is 4. The van der Waals surface area contributed by atoms with Crippen LogP contribution in [0.25, 0.3) is 11.1 Å². The molecule has 0 saturated carbocycles. The van der Waals surface area contributed by atoms with Gasteiger partial charge >= 0.3 is 0 Å². The lowest BCUT2D eigenvalue weighted by molar-refractivity contribution is 0.589. The van der Waals surface area contributed by atoms with Crippen molar-refractivity contribution in [3.8, 4) is 11.1 Å². The molecule has 5 rings (SSSR count). The summed E-state index contributed by atoms with van der Waals surface area (Å²) in [5.41, 5.74) is 9.17. The highest BCUT2D eigenvalue weighted by molar-refractivity contribution is 5.86. The Morgan fingerprint density at radius 3 is 1.59 bits per heavy atom. The summed E-state index contributed by atoms with van der Waals surface area (Å²) in [4.78, 5) is 0. The van der Waals surface area contributed by atoms with Gasteiger partial charge in [-0.05, 0) is 50.4 Å². The molecule has 0 unspecified atom stereocenters. The van der Waals surface area contributed by atoms with E-state index in [1.54, 1.807) is 0 Å². The van der Waals surface area contributed by atoms with Crippen LogP contribution in [0.3, 0.4) is 0 Å². The lowest BCUT2D eigenvalue weighted by Gasteiger charge is -2.34. The van der Waals surface area contributed by atoms with Crippen molar-refractivity contribution in [2.24, 2.45) is 0 Å². The number of hydrogen-bond acceptors (Lipinski definition) is 0. The average molecular weight is 374 g/mol. The van der Waals surface area contributed by atoms with Gasteiger partial charge in [0.05, 0.1) is 5.41 Å². The van der Waals surface area contributed by atoms with Gasteiger partial charge in [0.1, 0.15) is 0 Å². The molecule has 141 valence electrons. The first kappa shape index (κ1) is 17.9. The monoisotopic (exact) mass is 373 g/mol. The molecular formula is C29H25. The lowest BCUT2D eigenvalue weighted by Crippen LogP contribution is -2.28. The maximum absolute atomic E-state index is 3.20. The minimum atomic E-state index is -0.307. The van der Waals surface area contributed by atoms with Crippen molar-refractivity contribution >= 4 is 0 Å². The molecule has 0 saturated heterocycles. The van der Waals surface area contributed by atoms with E-state index in [4.69, 9.17) is 0 Å². The normalized spacial score (nSPS) is 14.3. The van der Waals surface area contributed by atoms with Gasteiger partial charge in [0, 0.05) is 0 Å². The highest BCUT2D eigenvalue weighted by Crippen LogP contribution is 2.55. The van der Waals surface area contributed by atoms with Crippen LogP contribution >= 0.6 is 0 Å². The Hall–Kier alpha value is -3.12. The summed E-state index contributed by atoms with van der Waals surface area (Å²) < 4.78 is 0. The minimum Gasteiger partial charge on any atom is -0.0619 e. The van der Waals surface area contributed by atoms with E-state index < -0.39 is 0 Å². The number of fused-ring (bicyclic) bond motifs is 3. The molecule has 0 nitrogen and oxygen atoms in total. The predicted molar refractivity (Wildman–Crippen MR) is 121 cm³/mol. The first-order chi connectivity index (χ1) is 14.0. The van der Waals surface area contributed by atoms with Gasteiger partial charge in [-0.1, -0.05) is 118 Å². The van der Waals surface area contributed by atoms with Crippen LogP contribution in [0.2, 0.25) is 0 Å². The molecule has 0 N–H and O–H groups in total. The van der Waals surface area contributed by atoms with Crippen LogP contribution in [0.1, 0.15) is 48.6 Å². The maximum Gasteiger partial charge on any atom is 0.0713 e. The summed E-state index contributed by atoms with van der Waals surface area (Å²) >= 11 is 0. The van der Waals surface area contributed by atoms with E-state index in [0.717, 1.165) is 0 Å². The fraction of sp³-hybridized carbons (Fsp3) is 0.172. The van der Waals surface area contributed by atoms with E-state index in [1.165, 1.54) is 38.9 Å². The van der Waals surface area contributed by atoms with Gasteiger partial charge in [0.15, 0.2) is 0 Å². The third kappa shape index (κ3) is 2.59. The van der Waals surface area contributed by atoms with Gasteiger partial charge in [-0.25, -0.2) is 0 Å². The van der Waals surface area contributed by atoms with E-state index in [9.17, 15) is 0 Å².